The Morgan fingerprint density at radius 2 is 1.95 bits per heavy atom. The van der Waals surface area contributed by atoms with Crippen molar-refractivity contribution in [3.63, 3.8) is 0 Å². The van der Waals surface area contributed by atoms with Gasteiger partial charge in [0.05, 0.1) is 6.10 Å². The number of hydrogen-bond acceptors (Lipinski definition) is 2. The van der Waals surface area contributed by atoms with Crippen molar-refractivity contribution < 1.29 is 9.53 Å². The Kier molecular flexibility index (Phi) is 6.44. The van der Waals surface area contributed by atoms with E-state index >= 15 is 0 Å². The first-order chi connectivity index (χ1) is 9.11. The van der Waals surface area contributed by atoms with E-state index in [2.05, 4.69) is 5.32 Å². The van der Waals surface area contributed by atoms with Crippen molar-refractivity contribution in [2.24, 2.45) is 0 Å². The highest BCUT2D eigenvalue weighted by molar-refractivity contribution is 5.87. The van der Waals surface area contributed by atoms with Gasteiger partial charge in [0, 0.05) is 12.6 Å². The smallest absolute Gasteiger partial charge is 0.244 e. The third kappa shape index (κ3) is 6.46. The summed E-state index contributed by atoms with van der Waals surface area (Å²) < 4.78 is 5.55. The number of hydrogen-bond donors (Lipinski definition) is 1. The quantitative estimate of drug-likeness (QED) is 0.629. The zero-order valence-electron chi connectivity index (χ0n) is 11.7. The molecule has 0 bridgehead atoms. The molecular formula is C16H21NO2. The molecule has 1 rings (SSSR count). The number of allylic oxidation sites excluding steroid dienone is 3. The monoisotopic (exact) mass is 259 g/mol. The highest BCUT2D eigenvalue weighted by Crippen LogP contribution is 2.13. The SMILES string of the molecule is C/C=C/C=C/C(=O)NCc1ccc(OC(C)C)cc1. The van der Waals surface area contributed by atoms with E-state index in [1.807, 2.05) is 57.2 Å². The van der Waals surface area contributed by atoms with Crippen LogP contribution < -0.4 is 10.1 Å². The standard InChI is InChI=1S/C16H21NO2/c1-4-5-6-7-16(18)17-12-14-8-10-15(11-9-14)19-13(2)3/h4-11,13H,12H2,1-3H3,(H,17,18)/b5-4+,7-6+. The largest absolute Gasteiger partial charge is 0.491 e. The average Bonchev–Trinajstić information content (AvgIpc) is 2.37. The fourth-order valence-corrected chi connectivity index (χ4v) is 1.46. The molecule has 0 fully saturated rings. The van der Waals surface area contributed by atoms with Crippen LogP contribution in [0.2, 0.25) is 0 Å². The Balaban J connectivity index is 2.43. The number of amides is 1. The van der Waals surface area contributed by atoms with Gasteiger partial charge < -0.3 is 10.1 Å². The van der Waals surface area contributed by atoms with E-state index in [9.17, 15) is 4.79 Å². The summed E-state index contributed by atoms with van der Waals surface area (Å²) in [6.07, 6.45) is 7.09. The summed E-state index contributed by atoms with van der Waals surface area (Å²) in [5.74, 6) is 0.749. The van der Waals surface area contributed by atoms with Gasteiger partial charge in [-0.2, -0.15) is 0 Å². The molecular weight excluding hydrogens is 238 g/mol. The highest BCUT2D eigenvalue weighted by Gasteiger charge is 1.99. The topological polar surface area (TPSA) is 38.3 Å². The van der Waals surface area contributed by atoms with Crippen molar-refractivity contribution in [2.45, 2.75) is 33.4 Å². The Bertz CT molecular complexity index is 444. The molecule has 0 aliphatic carbocycles. The molecule has 0 heterocycles. The van der Waals surface area contributed by atoms with E-state index < -0.39 is 0 Å². The first-order valence-corrected chi connectivity index (χ1v) is 6.44. The Hall–Kier alpha value is -2.03. The molecule has 0 aromatic heterocycles. The third-order valence-corrected chi connectivity index (χ3v) is 2.31. The van der Waals surface area contributed by atoms with Crippen molar-refractivity contribution in [3.8, 4) is 5.75 Å². The molecule has 0 spiro atoms. The van der Waals surface area contributed by atoms with Gasteiger partial charge in [-0.15, -0.1) is 0 Å². The second-order valence-corrected chi connectivity index (χ2v) is 4.41. The van der Waals surface area contributed by atoms with E-state index in [0.717, 1.165) is 11.3 Å². The molecule has 1 aromatic rings. The molecule has 0 aliphatic rings. The second kappa shape index (κ2) is 8.14. The van der Waals surface area contributed by atoms with Crippen LogP contribution in [-0.4, -0.2) is 12.0 Å². The van der Waals surface area contributed by atoms with Gasteiger partial charge in [-0.3, -0.25) is 4.79 Å². The fourth-order valence-electron chi connectivity index (χ4n) is 1.46. The Labute approximate surface area is 115 Å². The minimum atomic E-state index is -0.0967. The minimum Gasteiger partial charge on any atom is -0.491 e. The van der Waals surface area contributed by atoms with Gasteiger partial charge >= 0.3 is 0 Å². The van der Waals surface area contributed by atoms with Crippen molar-refractivity contribution in [1.82, 2.24) is 5.32 Å². The van der Waals surface area contributed by atoms with Crippen LogP contribution >= 0.6 is 0 Å². The van der Waals surface area contributed by atoms with Gasteiger partial charge in [-0.25, -0.2) is 0 Å². The van der Waals surface area contributed by atoms with Crippen LogP contribution in [0.4, 0.5) is 0 Å². The molecule has 0 saturated heterocycles. The van der Waals surface area contributed by atoms with Crippen LogP contribution in [0.3, 0.4) is 0 Å². The van der Waals surface area contributed by atoms with Crippen LogP contribution in [-0.2, 0) is 11.3 Å². The lowest BCUT2D eigenvalue weighted by atomic mass is 10.2. The zero-order chi connectivity index (χ0) is 14.1. The van der Waals surface area contributed by atoms with Gasteiger partial charge in [-0.05, 0) is 38.5 Å². The summed E-state index contributed by atoms with van der Waals surface area (Å²) in [6, 6.07) is 7.73. The van der Waals surface area contributed by atoms with Crippen molar-refractivity contribution in [3.05, 3.63) is 54.1 Å². The van der Waals surface area contributed by atoms with E-state index in [0.29, 0.717) is 6.54 Å². The first-order valence-electron chi connectivity index (χ1n) is 6.44. The molecule has 102 valence electrons. The van der Waals surface area contributed by atoms with Gasteiger partial charge in [0.1, 0.15) is 5.75 Å². The minimum absolute atomic E-state index is 0.0967. The third-order valence-electron chi connectivity index (χ3n) is 2.31. The lowest BCUT2D eigenvalue weighted by Crippen LogP contribution is -2.20. The summed E-state index contributed by atoms with van der Waals surface area (Å²) in [5, 5.41) is 2.82. The van der Waals surface area contributed by atoms with Crippen LogP contribution in [0.5, 0.6) is 5.75 Å². The van der Waals surface area contributed by atoms with Gasteiger partial charge in [-0.1, -0.05) is 30.4 Å². The summed E-state index contributed by atoms with van der Waals surface area (Å²) in [5.41, 5.74) is 1.05. The predicted octanol–water partition coefficient (Wildman–Crippen LogP) is 3.22. The molecule has 3 nitrogen and oxygen atoms in total. The maximum Gasteiger partial charge on any atom is 0.244 e. The normalized spacial score (nSPS) is 11.4. The zero-order valence-corrected chi connectivity index (χ0v) is 11.7. The van der Waals surface area contributed by atoms with Crippen molar-refractivity contribution >= 4 is 5.91 Å². The van der Waals surface area contributed by atoms with E-state index in [1.165, 1.54) is 6.08 Å². The molecule has 3 heteroatoms. The number of rotatable bonds is 6. The van der Waals surface area contributed by atoms with E-state index in [1.54, 1.807) is 6.08 Å². The molecule has 1 amide bonds. The van der Waals surface area contributed by atoms with E-state index in [-0.39, 0.29) is 12.0 Å². The fraction of sp³-hybridized carbons (Fsp3) is 0.312. The Morgan fingerprint density at radius 3 is 2.53 bits per heavy atom. The lowest BCUT2D eigenvalue weighted by molar-refractivity contribution is -0.116. The molecule has 0 atom stereocenters. The summed E-state index contributed by atoms with van der Waals surface area (Å²) in [7, 11) is 0. The molecule has 0 radical (unpaired) electrons. The van der Waals surface area contributed by atoms with Crippen LogP contribution in [0, 0.1) is 0 Å². The number of carbonyl (C=O) groups excluding carboxylic acids is 1. The molecule has 0 saturated carbocycles. The molecule has 19 heavy (non-hydrogen) atoms. The van der Waals surface area contributed by atoms with Crippen LogP contribution in [0.25, 0.3) is 0 Å². The molecule has 0 aliphatic heterocycles. The Morgan fingerprint density at radius 1 is 1.26 bits per heavy atom. The average molecular weight is 259 g/mol. The van der Waals surface area contributed by atoms with Crippen LogP contribution in [0.1, 0.15) is 26.3 Å². The number of ether oxygens (including phenoxy) is 1. The first kappa shape index (κ1) is 15.0. The summed E-state index contributed by atoms with van der Waals surface area (Å²) >= 11 is 0. The molecule has 0 unspecified atom stereocenters. The van der Waals surface area contributed by atoms with Gasteiger partial charge in [0.2, 0.25) is 5.91 Å². The number of carbonyl (C=O) groups is 1. The molecule has 1 aromatic carbocycles. The number of benzene rings is 1. The van der Waals surface area contributed by atoms with Gasteiger partial charge in [0.25, 0.3) is 0 Å². The summed E-state index contributed by atoms with van der Waals surface area (Å²) in [4.78, 5) is 11.4. The second-order valence-electron chi connectivity index (χ2n) is 4.41. The predicted molar refractivity (Wildman–Crippen MR) is 78.0 cm³/mol. The van der Waals surface area contributed by atoms with Crippen molar-refractivity contribution in [2.75, 3.05) is 0 Å². The highest BCUT2D eigenvalue weighted by atomic mass is 16.5. The van der Waals surface area contributed by atoms with Gasteiger partial charge in [0.15, 0.2) is 0 Å². The maximum atomic E-state index is 11.4. The van der Waals surface area contributed by atoms with E-state index in [4.69, 9.17) is 4.74 Å². The molecule has 1 N–H and O–H groups in total. The van der Waals surface area contributed by atoms with Crippen LogP contribution in [0.15, 0.2) is 48.6 Å². The maximum absolute atomic E-state index is 11.4. The van der Waals surface area contributed by atoms with Crippen molar-refractivity contribution in [1.29, 1.82) is 0 Å². The summed E-state index contributed by atoms with van der Waals surface area (Å²) in [6.45, 7) is 6.40. The lowest BCUT2D eigenvalue weighted by Gasteiger charge is -2.10. The number of nitrogens with one attached hydrogen (secondary N) is 1.